The van der Waals surface area contributed by atoms with Crippen molar-refractivity contribution >= 4 is 33.2 Å². The lowest BCUT2D eigenvalue weighted by Crippen LogP contribution is -2.32. The van der Waals surface area contributed by atoms with Gasteiger partial charge in [-0.3, -0.25) is 0 Å². The number of hydrogen-bond acceptors (Lipinski definition) is 2. The summed E-state index contributed by atoms with van der Waals surface area (Å²) < 4.78 is 26.6. The second-order valence-corrected chi connectivity index (χ2v) is 8.40. The zero-order chi connectivity index (χ0) is 15.5. The third-order valence-corrected chi connectivity index (χ3v) is 6.58. The molecule has 0 amide bonds. The van der Waals surface area contributed by atoms with E-state index < -0.39 is 10.0 Å². The van der Waals surface area contributed by atoms with Crippen molar-refractivity contribution < 1.29 is 8.42 Å². The van der Waals surface area contributed by atoms with Crippen LogP contribution in [0.5, 0.6) is 0 Å². The number of benzene rings is 1. The van der Waals surface area contributed by atoms with Gasteiger partial charge < -0.3 is 0 Å². The molecule has 1 aliphatic rings. The molecule has 3 nitrogen and oxygen atoms in total. The molecule has 0 radical (unpaired) electrons. The van der Waals surface area contributed by atoms with E-state index >= 15 is 0 Å². The molecule has 0 heterocycles. The van der Waals surface area contributed by atoms with Gasteiger partial charge in [-0.15, -0.1) is 11.6 Å². The summed E-state index contributed by atoms with van der Waals surface area (Å²) in [6.45, 7) is 0.581. The Morgan fingerprint density at radius 1 is 1.24 bits per heavy atom. The predicted molar refractivity (Wildman–Crippen MR) is 87.4 cm³/mol. The average molecular weight is 350 g/mol. The van der Waals surface area contributed by atoms with Crippen molar-refractivity contribution in [2.45, 2.75) is 42.9 Å². The van der Waals surface area contributed by atoms with Crippen molar-refractivity contribution in [2.75, 3.05) is 13.6 Å². The van der Waals surface area contributed by atoms with Crippen LogP contribution >= 0.6 is 23.2 Å². The van der Waals surface area contributed by atoms with Crippen LogP contribution in [0.25, 0.3) is 0 Å². The smallest absolute Gasteiger partial charge is 0.207 e. The molecule has 0 unspecified atom stereocenters. The van der Waals surface area contributed by atoms with Gasteiger partial charge in [0.1, 0.15) is 0 Å². The fourth-order valence-electron chi connectivity index (χ4n) is 2.81. The highest BCUT2D eigenvalue weighted by atomic mass is 35.5. The molecule has 0 saturated heterocycles. The molecular formula is C15H21Cl2NO2S. The maximum absolute atomic E-state index is 12.6. The maximum atomic E-state index is 12.6. The minimum atomic E-state index is -3.48. The van der Waals surface area contributed by atoms with E-state index in [1.54, 1.807) is 19.2 Å². The summed E-state index contributed by atoms with van der Waals surface area (Å²) in [6, 6.07) is 4.75. The third kappa shape index (κ3) is 4.13. The molecule has 0 aromatic heterocycles. The molecule has 2 rings (SSSR count). The number of rotatable bonds is 5. The Labute approximate surface area is 137 Å². The number of nitrogens with zero attached hydrogens (tertiary/aromatic N) is 1. The molecule has 0 bridgehead atoms. The second kappa shape index (κ2) is 7.32. The van der Waals surface area contributed by atoms with E-state index in [0.29, 0.717) is 17.5 Å². The van der Waals surface area contributed by atoms with Gasteiger partial charge in [0, 0.05) is 24.5 Å². The summed E-state index contributed by atoms with van der Waals surface area (Å²) >= 11 is 11.8. The molecule has 1 fully saturated rings. The Kier molecular flexibility index (Phi) is 5.95. The van der Waals surface area contributed by atoms with E-state index in [1.165, 1.54) is 29.6 Å². The molecule has 21 heavy (non-hydrogen) atoms. The Morgan fingerprint density at radius 3 is 2.48 bits per heavy atom. The van der Waals surface area contributed by atoms with Crippen LogP contribution in [0.3, 0.4) is 0 Å². The van der Waals surface area contributed by atoms with Gasteiger partial charge in [-0.25, -0.2) is 12.7 Å². The first-order valence-corrected chi connectivity index (χ1v) is 9.61. The van der Waals surface area contributed by atoms with Gasteiger partial charge in [-0.1, -0.05) is 36.9 Å². The fourth-order valence-corrected chi connectivity index (χ4v) is 4.70. The molecule has 0 atom stereocenters. The number of halogens is 2. The molecule has 1 aliphatic carbocycles. The van der Waals surface area contributed by atoms with Crippen LogP contribution in [0.4, 0.5) is 0 Å². The van der Waals surface area contributed by atoms with Gasteiger partial charge in [0.2, 0.25) is 10.0 Å². The summed E-state index contributed by atoms with van der Waals surface area (Å²) in [6.07, 6.45) is 5.91. The Morgan fingerprint density at radius 2 is 1.90 bits per heavy atom. The first-order chi connectivity index (χ1) is 9.95. The lowest BCUT2D eigenvalue weighted by Gasteiger charge is -2.26. The van der Waals surface area contributed by atoms with E-state index in [-0.39, 0.29) is 10.8 Å². The third-order valence-electron chi connectivity index (χ3n) is 4.12. The molecule has 6 heteroatoms. The first kappa shape index (κ1) is 17.1. The number of sulfonamides is 1. The molecule has 0 aliphatic heterocycles. The van der Waals surface area contributed by atoms with Gasteiger partial charge in [-0.2, -0.15) is 0 Å². The highest BCUT2D eigenvalue weighted by molar-refractivity contribution is 7.89. The monoisotopic (exact) mass is 349 g/mol. The standard InChI is InChI=1S/C15H21Cl2NO2S/c1-18(11-12-5-3-2-4-6-12)21(19,20)14-8-7-13(10-16)15(17)9-14/h7-9,12H,2-6,10-11H2,1H3. The second-order valence-electron chi connectivity index (χ2n) is 5.68. The van der Waals surface area contributed by atoms with Crippen LogP contribution < -0.4 is 0 Å². The first-order valence-electron chi connectivity index (χ1n) is 7.26. The zero-order valence-electron chi connectivity index (χ0n) is 12.2. The van der Waals surface area contributed by atoms with Crippen molar-refractivity contribution in [2.24, 2.45) is 5.92 Å². The van der Waals surface area contributed by atoms with E-state index in [9.17, 15) is 8.42 Å². The average Bonchev–Trinajstić information content (AvgIpc) is 2.48. The van der Waals surface area contributed by atoms with Crippen LogP contribution in [0, 0.1) is 5.92 Å². The molecule has 118 valence electrons. The Hall–Kier alpha value is -0.290. The fraction of sp³-hybridized carbons (Fsp3) is 0.600. The van der Waals surface area contributed by atoms with Crippen LogP contribution in [-0.4, -0.2) is 26.3 Å². The van der Waals surface area contributed by atoms with Crippen molar-refractivity contribution in [3.63, 3.8) is 0 Å². The molecule has 1 saturated carbocycles. The van der Waals surface area contributed by atoms with E-state index in [4.69, 9.17) is 23.2 Å². The van der Waals surface area contributed by atoms with Crippen LogP contribution in [0.15, 0.2) is 23.1 Å². The number of alkyl halides is 1. The quantitative estimate of drug-likeness (QED) is 0.744. The van der Waals surface area contributed by atoms with E-state index in [0.717, 1.165) is 18.4 Å². The Balaban J connectivity index is 2.14. The highest BCUT2D eigenvalue weighted by Gasteiger charge is 2.25. The lowest BCUT2D eigenvalue weighted by atomic mass is 9.89. The minimum absolute atomic E-state index is 0.236. The summed E-state index contributed by atoms with van der Waals surface area (Å²) in [4.78, 5) is 0.236. The van der Waals surface area contributed by atoms with Crippen LogP contribution in [0.2, 0.25) is 5.02 Å². The SMILES string of the molecule is CN(CC1CCCCC1)S(=O)(=O)c1ccc(CCl)c(Cl)c1. The summed E-state index contributed by atoms with van der Waals surface area (Å²) in [7, 11) is -1.83. The van der Waals surface area contributed by atoms with Crippen LogP contribution in [-0.2, 0) is 15.9 Å². The van der Waals surface area contributed by atoms with E-state index in [2.05, 4.69) is 0 Å². The largest absolute Gasteiger partial charge is 0.242 e. The van der Waals surface area contributed by atoms with Gasteiger partial charge >= 0.3 is 0 Å². The van der Waals surface area contributed by atoms with Crippen molar-refractivity contribution in [3.05, 3.63) is 28.8 Å². The van der Waals surface area contributed by atoms with Gasteiger partial charge in [0.05, 0.1) is 4.90 Å². The predicted octanol–water partition coefficient (Wildman–Crippen LogP) is 4.28. The molecule has 0 spiro atoms. The topological polar surface area (TPSA) is 37.4 Å². The molecular weight excluding hydrogens is 329 g/mol. The lowest BCUT2D eigenvalue weighted by molar-refractivity contribution is 0.300. The summed E-state index contributed by atoms with van der Waals surface area (Å²) in [5.41, 5.74) is 0.743. The van der Waals surface area contributed by atoms with E-state index in [1.807, 2.05) is 0 Å². The van der Waals surface area contributed by atoms with Crippen LogP contribution in [0.1, 0.15) is 37.7 Å². The normalized spacial score (nSPS) is 17.3. The van der Waals surface area contributed by atoms with Gasteiger partial charge in [0.25, 0.3) is 0 Å². The van der Waals surface area contributed by atoms with Gasteiger partial charge in [0.15, 0.2) is 0 Å². The van der Waals surface area contributed by atoms with Crippen molar-refractivity contribution in [1.82, 2.24) is 4.31 Å². The van der Waals surface area contributed by atoms with Crippen molar-refractivity contribution in [1.29, 1.82) is 0 Å². The molecule has 1 aromatic carbocycles. The van der Waals surface area contributed by atoms with Gasteiger partial charge in [-0.05, 0) is 36.5 Å². The number of hydrogen-bond donors (Lipinski definition) is 0. The Bertz CT molecular complexity index is 583. The summed E-state index contributed by atoms with van der Waals surface area (Å²) in [5.74, 6) is 0.743. The minimum Gasteiger partial charge on any atom is -0.207 e. The maximum Gasteiger partial charge on any atom is 0.242 e. The summed E-state index contributed by atoms with van der Waals surface area (Å²) in [5, 5.41) is 0.400. The molecule has 0 N–H and O–H groups in total. The zero-order valence-corrected chi connectivity index (χ0v) is 14.5. The highest BCUT2D eigenvalue weighted by Crippen LogP contribution is 2.27. The molecule has 1 aromatic rings. The van der Waals surface area contributed by atoms with Crippen molar-refractivity contribution in [3.8, 4) is 0 Å².